The van der Waals surface area contributed by atoms with Gasteiger partial charge in [0.25, 0.3) is 11.8 Å². The van der Waals surface area contributed by atoms with Gasteiger partial charge in [-0.15, -0.1) is 0 Å². The van der Waals surface area contributed by atoms with Crippen molar-refractivity contribution in [3.8, 4) is 5.75 Å². The number of amides is 2. The van der Waals surface area contributed by atoms with E-state index in [0.717, 1.165) is 0 Å². The molecule has 33 heavy (non-hydrogen) atoms. The Morgan fingerprint density at radius 1 is 1.21 bits per heavy atom. The van der Waals surface area contributed by atoms with Crippen LogP contribution in [0.1, 0.15) is 40.0 Å². The molecule has 0 saturated carbocycles. The van der Waals surface area contributed by atoms with E-state index in [1.807, 2.05) is 0 Å². The van der Waals surface area contributed by atoms with Crippen molar-refractivity contribution < 1.29 is 28.6 Å². The number of carbonyl (C=O) groups excluding carboxylic acids is 3. The molecule has 2 aromatic rings. The van der Waals surface area contributed by atoms with E-state index in [1.165, 1.54) is 7.11 Å². The third-order valence-corrected chi connectivity index (χ3v) is 6.21. The van der Waals surface area contributed by atoms with E-state index in [9.17, 15) is 14.4 Å². The predicted molar refractivity (Wildman–Crippen MR) is 122 cm³/mol. The van der Waals surface area contributed by atoms with Gasteiger partial charge in [0.05, 0.1) is 31.2 Å². The molecule has 0 aliphatic carbocycles. The van der Waals surface area contributed by atoms with Crippen LogP contribution in [0.5, 0.6) is 5.75 Å². The fourth-order valence-electron chi connectivity index (χ4n) is 4.21. The molecule has 2 aromatic carbocycles. The number of benzene rings is 2. The van der Waals surface area contributed by atoms with Crippen LogP contribution in [0.2, 0.25) is 5.02 Å². The number of anilines is 1. The van der Waals surface area contributed by atoms with Crippen LogP contribution in [-0.2, 0) is 14.3 Å². The van der Waals surface area contributed by atoms with E-state index in [2.05, 4.69) is 5.32 Å². The summed E-state index contributed by atoms with van der Waals surface area (Å²) < 4.78 is 16.8. The highest BCUT2D eigenvalue weighted by Gasteiger charge is 2.39. The van der Waals surface area contributed by atoms with Crippen LogP contribution >= 0.6 is 11.6 Å². The van der Waals surface area contributed by atoms with Gasteiger partial charge in [-0.2, -0.15) is 0 Å². The van der Waals surface area contributed by atoms with Crippen molar-refractivity contribution in [3.63, 3.8) is 0 Å². The molecule has 9 heteroatoms. The normalized spacial score (nSPS) is 22.2. The van der Waals surface area contributed by atoms with Gasteiger partial charge in [0.2, 0.25) is 0 Å². The molecule has 0 bridgehead atoms. The Balaban J connectivity index is 1.52. The minimum Gasteiger partial charge on any atom is -0.490 e. The second-order valence-corrected chi connectivity index (χ2v) is 8.56. The Kier molecular flexibility index (Phi) is 6.85. The summed E-state index contributed by atoms with van der Waals surface area (Å²) >= 11 is 5.97. The van der Waals surface area contributed by atoms with Crippen LogP contribution < -0.4 is 10.1 Å². The molecule has 0 unspecified atom stereocenters. The Hall–Kier alpha value is -3.10. The van der Waals surface area contributed by atoms with Crippen molar-refractivity contribution >= 4 is 35.1 Å². The Morgan fingerprint density at radius 2 is 2.03 bits per heavy atom. The summed E-state index contributed by atoms with van der Waals surface area (Å²) in [5.41, 5.74) is 1.24. The smallest absolute Gasteiger partial charge is 0.308 e. The van der Waals surface area contributed by atoms with Crippen LogP contribution in [-0.4, -0.2) is 61.7 Å². The highest BCUT2D eigenvalue weighted by Crippen LogP contribution is 2.32. The first-order valence-electron chi connectivity index (χ1n) is 10.7. The number of likely N-dealkylation sites (N-methyl/N-ethyl adjacent to an activating group) is 1. The highest BCUT2D eigenvalue weighted by atomic mass is 35.5. The van der Waals surface area contributed by atoms with Gasteiger partial charge < -0.3 is 24.4 Å². The SMILES string of the molecule is COC(=O)C[C@@H]1CC[C@@H]2[C@H](COc3ccc(NC(=O)c4cccc(Cl)c4)cc3C(=O)N2C)O1. The molecular formula is C24H25ClN2O6. The minimum absolute atomic E-state index is 0.170. The zero-order chi connectivity index (χ0) is 23.5. The first-order chi connectivity index (χ1) is 15.9. The lowest BCUT2D eigenvalue weighted by atomic mass is 9.94. The second kappa shape index (κ2) is 9.80. The highest BCUT2D eigenvalue weighted by molar-refractivity contribution is 6.31. The Morgan fingerprint density at radius 3 is 2.79 bits per heavy atom. The number of carbonyl (C=O) groups is 3. The average molecular weight is 473 g/mol. The maximum atomic E-state index is 13.3. The molecule has 1 saturated heterocycles. The van der Waals surface area contributed by atoms with Crippen molar-refractivity contribution in [2.24, 2.45) is 0 Å². The molecule has 2 amide bonds. The summed E-state index contributed by atoms with van der Waals surface area (Å²) in [6.07, 6.45) is 0.852. The van der Waals surface area contributed by atoms with Crippen LogP contribution in [0.25, 0.3) is 0 Å². The van der Waals surface area contributed by atoms with Gasteiger partial charge in [0, 0.05) is 23.3 Å². The van der Waals surface area contributed by atoms with Gasteiger partial charge >= 0.3 is 5.97 Å². The molecule has 0 aromatic heterocycles. The summed E-state index contributed by atoms with van der Waals surface area (Å²) in [4.78, 5) is 39.1. The molecule has 3 atom stereocenters. The molecule has 1 fully saturated rings. The largest absolute Gasteiger partial charge is 0.490 e. The van der Waals surface area contributed by atoms with Gasteiger partial charge in [-0.1, -0.05) is 17.7 Å². The van der Waals surface area contributed by atoms with Gasteiger partial charge in [0.15, 0.2) is 0 Å². The van der Waals surface area contributed by atoms with Crippen LogP contribution in [0.4, 0.5) is 5.69 Å². The lowest BCUT2D eigenvalue weighted by Gasteiger charge is -2.42. The first kappa shape index (κ1) is 23.1. The van der Waals surface area contributed by atoms with E-state index >= 15 is 0 Å². The summed E-state index contributed by atoms with van der Waals surface area (Å²) in [5.74, 6) is -0.479. The van der Waals surface area contributed by atoms with Crippen LogP contribution in [0, 0.1) is 0 Å². The Labute approximate surface area is 196 Å². The van der Waals surface area contributed by atoms with E-state index in [1.54, 1.807) is 54.4 Å². The van der Waals surface area contributed by atoms with Gasteiger partial charge in [-0.05, 0) is 49.2 Å². The quantitative estimate of drug-likeness (QED) is 0.684. The molecule has 1 N–H and O–H groups in total. The monoisotopic (exact) mass is 472 g/mol. The molecule has 2 heterocycles. The fourth-order valence-corrected chi connectivity index (χ4v) is 4.40. The number of halogens is 1. The van der Waals surface area contributed by atoms with Crippen molar-refractivity contribution in [3.05, 3.63) is 58.6 Å². The number of nitrogens with zero attached hydrogens (tertiary/aromatic N) is 1. The molecule has 174 valence electrons. The van der Waals surface area contributed by atoms with E-state index in [4.69, 9.17) is 25.8 Å². The topological polar surface area (TPSA) is 94.2 Å². The average Bonchev–Trinajstić information content (AvgIpc) is 2.81. The van der Waals surface area contributed by atoms with Gasteiger partial charge in [-0.25, -0.2) is 0 Å². The van der Waals surface area contributed by atoms with E-state index in [0.29, 0.717) is 40.4 Å². The fraction of sp³-hybridized carbons (Fsp3) is 0.375. The summed E-state index contributed by atoms with van der Waals surface area (Å²) in [6, 6.07) is 11.4. The molecule has 2 aliphatic heterocycles. The number of hydrogen-bond donors (Lipinski definition) is 1. The van der Waals surface area contributed by atoms with Crippen LogP contribution in [0.15, 0.2) is 42.5 Å². The second-order valence-electron chi connectivity index (χ2n) is 8.12. The van der Waals surface area contributed by atoms with Crippen molar-refractivity contribution in [2.75, 3.05) is 26.1 Å². The predicted octanol–water partition coefficient (Wildman–Crippen LogP) is 3.54. The maximum Gasteiger partial charge on any atom is 0.308 e. The summed E-state index contributed by atoms with van der Waals surface area (Å²) in [6.45, 7) is 0.237. The molecule has 0 spiro atoms. The van der Waals surface area contributed by atoms with Crippen molar-refractivity contribution in [1.29, 1.82) is 0 Å². The number of methoxy groups -OCH3 is 1. The lowest BCUT2D eigenvalue weighted by Crippen LogP contribution is -2.53. The maximum absolute atomic E-state index is 13.3. The number of fused-ring (bicyclic) bond motifs is 2. The van der Waals surface area contributed by atoms with Gasteiger partial charge in [-0.3, -0.25) is 14.4 Å². The molecular weight excluding hydrogens is 448 g/mol. The first-order valence-corrected chi connectivity index (χ1v) is 11.1. The summed E-state index contributed by atoms with van der Waals surface area (Å²) in [7, 11) is 3.08. The molecule has 2 aliphatic rings. The standard InChI is InChI=1S/C24H25ClN2O6/c1-27-19-8-7-17(12-22(28)31-2)33-21(19)13-32-20-9-6-16(11-18(20)24(27)30)26-23(29)14-4-3-5-15(25)10-14/h3-6,9-11,17,19,21H,7-8,12-13H2,1-2H3,(H,26,29)/t17-,19+,21-/m0/s1. The number of nitrogens with one attached hydrogen (secondary N) is 1. The van der Waals surface area contributed by atoms with Crippen molar-refractivity contribution in [2.45, 2.75) is 37.5 Å². The van der Waals surface area contributed by atoms with Crippen LogP contribution in [0.3, 0.4) is 0 Å². The molecule has 0 radical (unpaired) electrons. The zero-order valence-electron chi connectivity index (χ0n) is 18.4. The lowest BCUT2D eigenvalue weighted by molar-refractivity contribution is -0.151. The number of esters is 1. The van der Waals surface area contributed by atoms with Gasteiger partial charge in [0.1, 0.15) is 18.5 Å². The third kappa shape index (κ3) is 5.12. The summed E-state index contributed by atoms with van der Waals surface area (Å²) in [5, 5.41) is 3.26. The zero-order valence-corrected chi connectivity index (χ0v) is 19.1. The molecule has 4 rings (SSSR count). The number of ether oxygens (including phenoxy) is 3. The Bertz CT molecular complexity index is 1070. The van der Waals surface area contributed by atoms with Crippen molar-refractivity contribution in [1.82, 2.24) is 4.90 Å². The van der Waals surface area contributed by atoms with E-state index < -0.39 is 0 Å². The third-order valence-electron chi connectivity index (χ3n) is 5.98. The molecule has 8 nitrogen and oxygen atoms in total. The number of rotatable bonds is 4. The number of hydrogen-bond acceptors (Lipinski definition) is 6. The van der Waals surface area contributed by atoms with E-state index in [-0.39, 0.29) is 49.1 Å². The minimum atomic E-state index is -0.363.